The van der Waals surface area contributed by atoms with E-state index in [4.69, 9.17) is 0 Å². The number of benzene rings is 1. The molecular formula is C16H21NO2S. The fourth-order valence-corrected chi connectivity index (χ4v) is 2.47. The van der Waals surface area contributed by atoms with Crippen LogP contribution in [-0.2, 0) is 4.79 Å². The highest BCUT2D eigenvalue weighted by Crippen LogP contribution is 2.38. The van der Waals surface area contributed by atoms with Gasteiger partial charge in [0.15, 0.2) is 0 Å². The highest BCUT2D eigenvalue weighted by molar-refractivity contribution is 7.98. The summed E-state index contributed by atoms with van der Waals surface area (Å²) in [4.78, 5) is 12.9. The van der Waals surface area contributed by atoms with Gasteiger partial charge in [-0.25, -0.2) is 0 Å². The van der Waals surface area contributed by atoms with Crippen molar-refractivity contribution in [2.45, 2.75) is 30.3 Å². The summed E-state index contributed by atoms with van der Waals surface area (Å²) < 4.78 is 0. The van der Waals surface area contributed by atoms with Gasteiger partial charge in [-0.05, 0) is 55.7 Å². The molecule has 0 saturated heterocycles. The predicted molar refractivity (Wildman–Crippen MR) is 83.6 cm³/mol. The molecule has 0 aromatic heterocycles. The summed E-state index contributed by atoms with van der Waals surface area (Å²) in [5.74, 6) is 0.172. The Morgan fingerprint density at radius 2 is 2.10 bits per heavy atom. The molecule has 1 aromatic rings. The van der Waals surface area contributed by atoms with Crippen LogP contribution in [0.1, 0.15) is 25.3 Å². The first-order valence-electron chi connectivity index (χ1n) is 6.83. The minimum Gasteiger partial charge on any atom is -0.388 e. The Morgan fingerprint density at radius 1 is 1.45 bits per heavy atom. The predicted octanol–water partition coefficient (Wildman–Crippen LogP) is 2.70. The molecule has 0 aliphatic heterocycles. The van der Waals surface area contributed by atoms with E-state index >= 15 is 0 Å². The van der Waals surface area contributed by atoms with E-state index in [2.05, 4.69) is 5.32 Å². The third-order valence-corrected chi connectivity index (χ3v) is 4.36. The maximum atomic E-state index is 11.7. The van der Waals surface area contributed by atoms with Gasteiger partial charge in [-0.15, -0.1) is 11.8 Å². The van der Waals surface area contributed by atoms with Crippen LogP contribution in [0.15, 0.2) is 35.2 Å². The molecule has 1 amide bonds. The molecule has 1 aromatic carbocycles. The number of hydrogen-bond acceptors (Lipinski definition) is 3. The number of hydrogen-bond donors (Lipinski definition) is 2. The summed E-state index contributed by atoms with van der Waals surface area (Å²) >= 11 is 1.69. The molecule has 0 radical (unpaired) electrons. The van der Waals surface area contributed by atoms with E-state index in [0.717, 1.165) is 18.4 Å². The Bertz CT molecular complexity index is 490. The van der Waals surface area contributed by atoms with Crippen molar-refractivity contribution in [2.24, 2.45) is 5.92 Å². The number of amides is 1. The zero-order chi connectivity index (χ0) is 14.6. The largest absolute Gasteiger partial charge is 0.388 e. The van der Waals surface area contributed by atoms with Crippen molar-refractivity contribution >= 4 is 23.7 Å². The first-order chi connectivity index (χ1) is 9.51. The molecule has 2 rings (SSSR count). The zero-order valence-corrected chi connectivity index (χ0v) is 12.7. The van der Waals surface area contributed by atoms with Crippen LogP contribution in [0.2, 0.25) is 0 Å². The van der Waals surface area contributed by atoms with E-state index in [1.54, 1.807) is 24.8 Å². The maximum Gasteiger partial charge on any atom is 0.244 e. The van der Waals surface area contributed by atoms with Crippen LogP contribution in [0.3, 0.4) is 0 Å². The molecule has 1 fully saturated rings. The van der Waals surface area contributed by atoms with Crippen molar-refractivity contribution in [1.82, 2.24) is 5.32 Å². The summed E-state index contributed by atoms with van der Waals surface area (Å²) in [6.07, 6.45) is 7.44. The minimum absolute atomic E-state index is 0.167. The number of carbonyl (C=O) groups is 1. The first-order valence-corrected chi connectivity index (χ1v) is 8.06. The lowest BCUT2D eigenvalue weighted by Gasteiger charge is -2.22. The van der Waals surface area contributed by atoms with Crippen molar-refractivity contribution in [3.8, 4) is 0 Å². The summed E-state index contributed by atoms with van der Waals surface area (Å²) in [6.45, 7) is 2.10. The highest BCUT2D eigenvalue weighted by Gasteiger charge is 2.39. The maximum absolute atomic E-state index is 11.7. The molecule has 1 saturated carbocycles. The summed E-state index contributed by atoms with van der Waals surface area (Å²) in [5.41, 5.74) is 0.218. The lowest BCUT2D eigenvalue weighted by Crippen LogP contribution is -2.41. The zero-order valence-electron chi connectivity index (χ0n) is 11.9. The molecule has 1 aliphatic carbocycles. The van der Waals surface area contributed by atoms with Gasteiger partial charge in [0.2, 0.25) is 5.91 Å². The minimum atomic E-state index is -0.774. The Balaban J connectivity index is 1.82. The van der Waals surface area contributed by atoms with E-state index < -0.39 is 5.60 Å². The smallest absolute Gasteiger partial charge is 0.244 e. The van der Waals surface area contributed by atoms with E-state index in [0.29, 0.717) is 12.5 Å². The van der Waals surface area contributed by atoms with Crippen molar-refractivity contribution < 1.29 is 9.90 Å². The molecule has 2 N–H and O–H groups in total. The van der Waals surface area contributed by atoms with Gasteiger partial charge in [0.1, 0.15) is 0 Å². The van der Waals surface area contributed by atoms with Crippen LogP contribution in [0.4, 0.5) is 0 Å². The topological polar surface area (TPSA) is 49.3 Å². The summed E-state index contributed by atoms with van der Waals surface area (Å²) in [6, 6.07) is 8.02. The third-order valence-electron chi connectivity index (χ3n) is 3.62. The van der Waals surface area contributed by atoms with Crippen LogP contribution in [-0.4, -0.2) is 29.4 Å². The molecule has 1 unspecified atom stereocenters. The third kappa shape index (κ3) is 4.39. The molecule has 108 valence electrons. The van der Waals surface area contributed by atoms with Gasteiger partial charge in [0, 0.05) is 17.5 Å². The molecule has 0 spiro atoms. The molecule has 0 bridgehead atoms. The fourth-order valence-electron chi connectivity index (χ4n) is 2.06. The average Bonchev–Trinajstić information content (AvgIpc) is 3.28. The van der Waals surface area contributed by atoms with Crippen LogP contribution in [0.25, 0.3) is 6.08 Å². The molecule has 4 heteroatoms. The van der Waals surface area contributed by atoms with Crippen LogP contribution < -0.4 is 5.32 Å². The normalized spacial score (nSPS) is 17.9. The molecular weight excluding hydrogens is 270 g/mol. The summed E-state index contributed by atoms with van der Waals surface area (Å²) in [7, 11) is 0. The van der Waals surface area contributed by atoms with E-state index in [1.807, 2.05) is 30.5 Å². The first kappa shape index (κ1) is 15.1. The van der Waals surface area contributed by atoms with Gasteiger partial charge in [0.05, 0.1) is 5.60 Å². The average molecular weight is 291 g/mol. The van der Waals surface area contributed by atoms with Gasteiger partial charge in [0.25, 0.3) is 0 Å². The Hall–Kier alpha value is -1.26. The SMILES string of the molecule is CSc1ccc(C=CC(=O)NCC(C)(O)C2CC2)cc1. The summed E-state index contributed by atoms with van der Waals surface area (Å²) in [5, 5.41) is 12.9. The molecule has 3 nitrogen and oxygen atoms in total. The molecule has 1 atom stereocenters. The lowest BCUT2D eigenvalue weighted by atomic mass is 10.0. The lowest BCUT2D eigenvalue weighted by molar-refractivity contribution is -0.117. The van der Waals surface area contributed by atoms with Gasteiger partial charge >= 0.3 is 0 Å². The molecule has 1 aliphatic rings. The van der Waals surface area contributed by atoms with Gasteiger partial charge in [-0.2, -0.15) is 0 Å². The van der Waals surface area contributed by atoms with Crippen LogP contribution >= 0.6 is 11.8 Å². The second-order valence-corrected chi connectivity index (χ2v) is 6.34. The second-order valence-electron chi connectivity index (χ2n) is 5.46. The quantitative estimate of drug-likeness (QED) is 0.626. The van der Waals surface area contributed by atoms with E-state index in [9.17, 15) is 9.90 Å². The molecule has 0 heterocycles. The van der Waals surface area contributed by atoms with E-state index in [1.165, 1.54) is 11.0 Å². The van der Waals surface area contributed by atoms with Crippen molar-refractivity contribution in [2.75, 3.05) is 12.8 Å². The Labute approximate surface area is 124 Å². The number of rotatable bonds is 6. The Morgan fingerprint density at radius 3 is 2.65 bits per heavy atom. The number of aliphatic hydroxyl groups is 1. The fraction of sp³-hybridized carbons (Fsp3) is 0.438. The van der Waals surface area contributed by atoms with Crippen molar-refractivity contribution in [3.63, 3.8) is 0 Å². The van der Waals surface area contributed by atoms with Crippen LogP contribution in [0, 0.1) is 5.92 Å². The number of carbonyl (C=O) groups excluding carboxylic acids is 1. The standard InChI is InChI=1S/C16H21NO2S/c1-16(19,13-6-7-13)11-17-15(18)10-5-12-3-8-14(20-2)9-4-12/h3-5,8-10,13,19H,6-7,11H2,1-2H3,(H,17,18). The second kappa shape index (κ2) is 6.46. The Kier molecular flexibility index (Phi) is 4.89. The van der Waals surface area contributed by atoms with E-state index in [-0.39, 0.29) is 5.91 Å². The number of thioether (sulfide) groups is 1. The van der Waals surface area contributed by atoms with Gasteiger partial charge < -0.3 is 10.4 Å². The highest BCUT2D eigenvalue weighted by atomic mass is 32.2. The molecule has 20 heavy (non-hydrogen) atoms. The van der Waals surface area contributed by atoms with Gasteiger partial charge in [-0.3, -0.25) is 4.79 Å². The van der Waals surface area contributed by atoms with Crippen molar-refractivity contribution in [3.05, 3.63) is 35.9 Å². The van der Waals surface area contributed by atoms with Gasteiger partial charge in [-0.1, -0.05) is 12.1 Å². The van der Waals surface area contributed by atoms with Crippen LogP contribution in [0.5, 0.6) is 0 Å². The number of nitrogens with one attached hydrogen (secondary N) is 1. The monoisotopic (exact) mass is 291 g/mol. The van der Waals surface area contributed by atoms with Crippen molar-refractivity contribution in [1.29, 1.82) is 0 Å².